The van der Waals surface area contributed by atoms with E-state index < -0.39 is 35.2 Å². The quantitative estimate of drug-likeness (QED) is 0.223. The highest BCUT2D eigenvalue weighted by Crippen LogP contribution is 2.41. The molecule has 2 atom stereocenters. The molecule has 2 aromatic carbocycles. The zero-order valence-electron chi connectivity index (χ0n) is 29.7. The first-order valence-corrected chi connectivity index (χ1v) is 18.1. The summed E-state index contributed by atoms with van der Waals surface area (Å²) in [6.07, 6.45) is 2.95. The second-order valence-corrected chi connectivity index (χ2v) is 14.5. The van der Waals surface area contributed by atoms with Gasteiger partial charge in [-0.25, -0.2) is 13.6 Å². The Labute approximate surface area is 302 Å². The highest BCUT2D eigenvalue weighted by molar-refractivity contribution is 6.03. The van der Waals surface area contributed by atoms with Crippen LogP contribution in [0.25, 0.3) is 0 Å². The molecule has 0 unspecified atom stereocenters. The Balaban J connectivity index is 1.11. The Morgan fingerprint density at radius 1 is 0.904 bits per heavy atom. The number of rotatable bonds is 12. The second-order valence-electron chi connectivity index (χ2n) is 14.5. The number of amides is 5. The molecule has 4 N–H and O–H groups in total. The molecule has 14 heteroatoms. The molecule has 2 aliphatic carbocycles. The molecule has 3 aliphatic rings. The van der Waals surface area contributed by atoms with Gasteiger partial charge in [-0.3, -0.25) is 24.0 Å². The van der Waals surface area contributed by atoms with Crippen molar-refractivity contribution in [1.29, 1.82) is 0 Å². The van der Waals surface area contributed by atoms with E-state index in [0.717, 1.165) is 38.0 Å². The molecule has 2 saturated carbocycles. The molecule has 0 bridgehead atoms. The molecule has 1 aromatic heterocycles. The number of anilines is 1. The van der Waals surface area contributed by atoms with Crippen molar-refractivity contribution in [3.05, 3.63) is 83.7 Å². The van der Waals surface area contributed by atoms with Crippen LogP contribution in [0.4, 0.5) is 19.3 Å². The molecule has 0 radical (unpaired) electrons. The number of halogens is 2. The fourth-order valence-electron chi connectivity index (χ4n) is 7.08. The number of benzene rings is 2. The van der Waals surface area contributed by atoms with Gasteiger partial charge in [0.15, 0.2) is 0 Å². The van der Waals surface area contributed by atoms with Gasteiger partial charge < -0.3 is 26.2 Å². The van der Waals surface area contributed by atoms with Crippen molar-refractivity contribution in [3.63, 3.8) is 0 Å². The first-order chi connectivity index (χ1) is 24.9. The summed E-state index contributed by atoms with van der Waals surface area (Å²) < 4.78 is 29.6. The molecular formula is C38H48F2N8O4. The van der Waals surface area contributed by atoms with Crippen molar-refractivity contribution in [2.45, 2.75) is 82.0 Å². The highest BCUT2D eigenvalue weighted by atomic mass is 19.3. The third kappa shape index (κ3) is 9.32. The smallest absolute Gasteiger partial charge is 0.315 e. The van der Waals surface area contributed by atoms with E-state index in [0.29, 0.717) is 18.8 Å². The molecule has 0 spiro atoms. The fourth-order valence-corrected chi connectivity index (χ4v) is 7.08. The minimum Gasteiger partial charge on any atom is -0.338 e. The van der Waals surface area contributed by atoms with Crippen LogP contribution in [0.5, 0.6) is 0 Å². The lowest BCUT2D eigenvalue weighted by Crippen LogP contribution is -2.60. The number of carbonyl (C=O) groups excluding carboxylic acids is 4. The van der Waals surface area contributed by atoms with Crippen LogP contribution >= 0.6 is 0 Å². The molecule has 3 fully saturated rings. The third-order valence-corrected chi connectivity index (χ3v) is 10.5. The van der Waals surface area contributed by atoms with E-state index in [1.807, 2.05) is 18.2 Å². The third-order valence-electron chi connectivity index (χ3n) is 10.5. The first kappa shape index (κ1) is 36.9. The number of carbonyl (C=O) groups is 4. The van der Waals surface area contributed by atoms with Crippen LogP contribution < -0.4 is 21.3 Å². The predicted molar refractivity (Wildman–Crippen MR) is 192 cm³/mol. The summed E-state index contributed by atoms with van der Waals surface area (Å²) in [5.41, 5.74) is 1.18. The monoisotopic (exact) mass is 718 g/mol. The second kappa shape index (κ2) is 15.8. The molecule has 52 heavy (non-hydrogen) atoms. The van der Waals surface area contributed by atoms with E-state index in [9.17, 15) is 28.0 Å². The van der Waals surface area contributed by atoms with E-state index in [2.05, 4.69) is 43.4 Å². The standard InChI is InChI=1S/C38H48F2N8O4/c1-37(28-14-17-38(39,40)18-15-28,45-33(49)32-16-19-41-46(32)2)35(51)42-29-10-8-26(9-11-29)24-31(44-36(52)43-30-12-13-30)34(50)48-22-20-47(21-23-48)25-27-6-4-3-5-7-27/h3-11,16,19,28,30-31H,12-15,17-18,20-25H2,1-2H3,(H,42,51)(H,45,49)(H2,43,44,52)/t31-,37-/m1/s1. The van der Waals surface area contributed by atoms with Crippen LogP contribution in [0.1, 0.15) is 67.1 Å². The molecule has 5 amide bonds. The Morgan fingerprint density at radius 3 is 2.19 bits per heavy atom. The number of urea groups is 1. The van der Waals surface area contributed by atoms with Crippen LogP contribution in [-0.4, -0.2) is 93.1 Å². The molecule has 1 aliphatic heterocycles. The predicted octanol–water partition coefficient (Wildman–Crippen LogP) is 4.09. The van der Waals surface area contributed by atoms with Gasteiger partial charge in [-0.1, -0.05) is 42.5 Å². The average Bonchev–Trinajstić information content (AvgIpc) is 3.83. The van der Waals surface area contributed by atoms with Gasteiger partial charge in [0.25, 0.3) is 5.91 Å². The molecule has 3 aromatic rings. The van der Waals surface area contributed by atoms with Crippen LogP contribution in [0.2, 0.25) is 0 Å². The maximum atomic E-state index is 14.1. The Bertz CT molecular complexity index is 1710. The zero-order chi connectivity index (χ0) is 36.9. The Morgan fingerprint density at radius 2 is 1.58 bits per heavy atom. The highest BCUT2D eigenvalue weighted by Gasteiger charge is 2.48. The minimum absolute atomic E-state index is 0.0698. The van der Waals surface area contributed by atoms with Gasteiger partial charge >= 0.3 is 6.03 Å². The van der Waals surface area contributed by atoms with E-state index in [4.69, 9.17) is 0 Å². The van der Waals surface area contributed by atoms with E-state index in [1.54, 1.807) is 43.1 Å². The summed E-state index contributed by atoms with van der Waals surface area (Å²) in [6.45, 7) is 4.93. The maximum absolute atomic E-state index is 14.1. The van der Waals surface area contributed by atoms with Gasteiger partial charge in [0, 0.05) is 77.0 Å². The van der Waals surface area contributed by atoms with Gasteiger partial charge in [-0.05, 0) is 67.9 Å². The summed E-state index contributed by atoms with van der Waals surface area (Å²) >= 11 is 0. The Hall–Kier alpha value is -4.85. The lowest BCUT2D eigenvalue weighted by atomic mass is 9.73. The molecule has 12 nitrogen and oxygen atoms in total. The van der Waals surface area contributed by atoms with Crippen molar-refractivity contribution in [3.8, 4) is 0 Å². The number of hydrogen-bond donors (Lipinski definition) is 4. The number of piperazine rings is 1. The molecule has 2 heterocycles. The molecule has 6 rings (SSSR count). The SMILES string of the molecule is Cn1nccc1C(=O)N[C@@](C)(C(=O)Nc1ccc(C[C@@H](NC(=O)NC2CC2)C(=O)N2CCN(Cc3ccccc3)CC2)cc1)C1CCC(F)(F)CC1. The largest absolute Gasteiger partial charge is 0.338 e. The van der Waals surface area contributed by atoms with E-state index >= 15 is 0 Å². The number of hydrogen-bond acceptors (Lipinski definition) is 6. The average molecular weight is 719 g/mol. The van der Waals surface area contributed by atoms with Crippen LogP contribution in [-0.2, 0) is 29.6 Å². The fraction of sp³-hybridized carbons (Fsp3) is 0.500. The van der Waals surface area contributed by atoms with Gasteiger partial charge in [0.05, 0.1) is 0 Å². The molecule has 278 valence electrons. The molecular weight excluding hydrogens is 670 g/mol. The maximum Gasteiger partial charge on any atom is 0.315 e. The zero-order valence-corrected chi connectivity index (χ0v) is 29.7. The van der Waals surface area contributed by atoms with E-state index in [-0.39, 0.29) is 55.8 Å². The van der Waals surface area contributed by atoms with Crippen LogP contribution in [0.3, 0.4) is 0 Å². The van der Waals surface area contributed by atoms with Gasteiger partial charge in [0.2, 0.25) is 17.7 Å². The summed E-state index contributed by atoms with van der Waals surface area (Å²) in [5, 5.41) is 15.6. The summed E-state index contributed by atoms with van der Waals surface area (Å²) in [7, 11) is 1.61. The minimum atomic E-state index is -2.81. The normalized spacial score (nSPS) is 19.6. The molecule has 1 saturated heterocycles. The number of nitrogens with one attached hydrogen (secondary N) is 4. The van der Waals surface area contributed by atoms with Gasteiger partial charge in [-0.15, -0.1) is 0 Å². The topological polar surface area (TPSA) is 141 Å². The van der Waals surface area contributed by atoms with Crippen LogP contribution in [0.15, 0.2) is 66.9 Å². The van der Waals surface area contributed by atoms with Gasteiger partial charge in [-0.2, -0.15) is 5.10 Å². The van der Waals surface area contributed by atoms with Gasteiger partial charge in [0.1, 0.15) is 17.3 Å². The number of alkyl halides is 2. The lowest BCUT2D eigenvalue weighted by Gasteiger charge is -2.40. The first-order valence-electron chi connectivity index (χ1n) is 18.1. The summed E-state index contributed by atoms with van der Waals surface area (Å²) in [5.74, 6) is -4.54. The van der Waals surface area contributed by atoms with Crippen molar-refractivity contribution < 1.29 is 28.0 Å². The van der Waals surface area contributed by atoms with Crippen molar-refractivity contribution in [2.75, 3.05) is 31.5 Å². The summed E-state index contributed by atoms with van der Waals surface area (Å²) in [4.78, 5) is 57.9. The van der Waals surface area contributed by atoms with Crippen molar-refractivity contribution in [2.24, 2.45) is 13.0 Å². The number of nitrogens with zero attached hydrogens (tertiary/aromatic N) is 4. The van der Waals surface area contributed by atoms with Crippen molar-refractivity contribution >= 4 is 29.4 Å². The van der Waals surface area contributed by atoms with Crippen molar-refractivity contribution in [1.82, 2.24) is 35.5 Å². The number of aromatic nitrogens is 2. The summed E-state index contributed by atoms with van der Waals surface area (Å²) in [6, 6.07) is 17.6. The lowest BCUT2D eigenvalue weighted by molar-refractivity contribution is -0.135. The van der Waals surface area contributed by atoms with Crippen LogP contribution in [0, 0.1) is 5.92 Å². The number of aryl methyl sites for hydroxylation is 1. The Kier molecular flexibility index (Phi) is 11.2. The van der Waals surface area contributed by atoms with E-state index in [1.165, 1.54) is 22.5 Å².